The lowest BCUT2D eigenvalue weighted by Gasteiger charge is -2.32. The molecule has 0 radical (unpaired) electrons. The molecule has 1 amide bonds. The van der Waals surface area contributed by atoms with Crippen LogP contribution in [0.3, 0.4) is 0 Å². The standard InChI is InChI=1S/C16H19NO3/c1-2-16(6-7-16)15(20)17-8-5-11-3-4-12(14(18)19)9-13(11)10-17/h3-4,9H,2,5-8,10H2,1H3,(H,18,19). The monoisotopic (exact) mass is 273 g/mol. The van der Waals surface area contributed by atoms with Gasteiger partial charge in [0.25, 0.3) is 0 Å². The van der Waals surface area contributed by atoms with E-state index in [-0.39, 0.29) is 11.3 Å². The minimum Gasteiger partial charge on any atom is -0.478 e. The summed E-state index contributed by atoms with van der Waals surface area (Å²) in [4.78, 5) is 25.5. The largest absolute Gasteiger partial charge is 0.478 e. The average molecular weight is 273 g/mol. The van der Waals surface area contributed by atoms with Crippen LogP contribution in [-0.4, -0.2) is 28.4 Å². The molecule has 3 rings (SSSR count). The van der Waals surface area contributed by atoms with Gasteiger partial charge in [-0.15, -0.1) is 0 Å². The van der Waals surface area contributed by atoms with Crippen molar-refractivity contribution >= 4 is 11.9 Å². The zero-order chi connectivity index (χ0) is 14.3. The van der Waals surface area contributed by atoms with Crippen molar-refractivity contribution in [2.45, 2.75) is 39.2 Å². The molecule has 2 aliphatic rings. The summed E-state index contributed by atoms with van der Waals surface area (Å²) < 4.78 is 0. The Morgan fingerprint density at radius 3 is 2.65 bits per heavy atom. The lowest BCUT2D eigenvalue weighted by atomic mass is 9.95. The van der Waals surface area contributed by atoms with Gasteiger partial charge in [-0.2, -0.15) is 0 Å². The molecule has 0 aromatic heterocycles. The van der Waals surface area contributed by atoms with Crippen molar-refractivity contribution in [1.82, 2.24) is 4.90 Å². The van der Waals surface area contributed by atoms with Crippen LogP contribution in [0.15, 0.2) is 18.2 Å². The number of carboxylic acids is 1. The first-order valence-corrected chi connectivity index (χ1v) is 7.20. The number of hydrogen-bond acceptors (Lipinski definition) is 2. The van der Waals surface area contributed by atoms with E-state index in [9.17, 15) is 9.59 Å². The highest BCUT2D eigenvalue weighted by Gasteiger charge is 2.50. The van der Waals surface area contributed by atoms with Gasteiger partial charge in [-0.1, -0.05) is 13.0 Å². The summed E-state index contributed by atoms with van der Waals surface area (Å²) in [5.74, 6) is -0.658. The van der Waals surface area contributed by atoms with E-state index in [0.29, 0.717) is 12.1 Å². The van der Waals surface area contributed by atoms with E-state index in [0.717, 1.165) is 37.8 Å². The third-order valence-electron chi connectivity index (χ3n) is 4.74. The Balaban J connectivity index is 1.82. The lowest BCUT2D eigenvalue weighted by molar-refractivity contribution is -0.138. The van der Waals surface area contributed by atoms with E-state index in [1.807, 2.05) is 11.0 Å². The van der Waals surface area contributed by atoms with Crippen LogP contribution in [0.5, 0.6) is 0 Å². The summed E-state index contributed by atoms with van der Waals surface area (Å²) in [7, 11) is 0. The second kappa shape index (κ2) is 4.62. The van der Waals surface area contributed by atoms with Gasteiger partial charge in [-0.05, 0) is 48.9 Å². The molecule has 1 aliphatic heterocycles. The van der Waals surface area contributed by atoms with Crippen molar-refractivity contribution in [3.05, 3.63) is 34.9 Å². The molecule has 1 aliphatic carbocycles. The van der Waals surface area contributed by atoms with Gasteiger partial charge in [0.15, 0.2) is 0 Å². The number of carbonyl (C=O) groups excluding carboxylic acids is 1. The molecule has 0 bridgehead atoms. The van der Waals surface area contributed by atoms with Gasteiger partial charge in [0.2, 0.25) is 5.91 Å². The summed E-state index contributed by atoms with van der Waals surface area (Å²) in [5.41, 5.74) is 2.34. The van der Waals surface area contributed by atoms with Crippen molar-refractivity contribution in [3.8, 4) is 0 Å². The van der Waals surface area contributed by atoms with Crippen LogP contribution < -0.4 is 0 Å². The summed E-state index contributed by atoms with van der Waals surface area (Å²) >= 11 is 0. The molecular formula is C16H19NO3. The first kappa shape index (κ1) is 13.2. The smallest absolute Gasteiger partial charge is 0.335 e. The minimum absolute atomic E-state index is 0.109. The second-order valence-electron chi connectivity index (χ2n) is 5.90. The fourth-order valence-electron chi connectivity index (χ4n) is 3.07. The molecule has 4 nitrogen and oxygen atoms in total. The van der Waals surface area contributed by atoms with Gasteiger partial charge in [-0.25, -0.2) is 4.79 Å². The number of benzene rings is 1. The average Bonchev–Trinajstić information content (AvgIpc) is 3.26. The fourth-order valence-corrected chi connectivity index (χ4v) is 3.07. The molecule has 0 unspecified atom stereocenters. The SMILES string of the molecule is CCC1(C(=O)N2CCc3ccc(C(=O)O)cc3C2)CC1. The number of carbonyl (C=O) groups is 2. The maximum Gasteiger partial charge on any atom is 0.335 e. The van der Waals surface area contributed by atoms with Gasteiger partial charge in [-0.3, -0.25) is 4.79 Å². The Morgan fingerprint density at radius 1 is 1.30 bits per heavy atom. The first-order chi connectivity index (χ1) is 9.55. The van der Waals surface area contributed by atoms with Crippen LogP contribution in [0.1, 0.15) is 47.7 Å². The number of amides is 1. The predicted molar refractivity (Wildman–Crippen MR) is 74.5 cm³/mol. The third-order valence-corrected chi connectivity index (χ3v) is 4.74. The fraction of sp³-hybridized carbons (Fsp3) is 0.500. The number of aromatic carboxylic acids is 1. The van der Waals surface area contributed by atoms with Gasteiger partial charge in [0.1, 0.15) is 0 Å². The maximum atomic E-state index is 12.6. The molecular weight excluding hydrogens is 254 g/mol. The van der Waals surface area contributed by atoms with Gasteiger partial charge in [0.05, 0.1) is 5.56 Å². The zero-order valence-electron chi connectivity index (χ0n) is 11.7. The van der Waals surface area contributed by atoms with E-state index in [2.05, 4.69) is 6.92 Å². The Bertz CT molecular complexity index is 575. The maximum absolute atomic E-state index is 12.6. The van der Waals surface area contributed by atoms with Crippen LogP contribution in [0.4, 0.5) is 0 Å². The molecule has 20 heavy (non-hydrogen) atoms. The molecule has 1 aromatic rings. The van der Waals surface area contributed by atoms with Crippen molar-refractivity contribution < 1.29 is 14.7 Å². The van der Waals surface area contributed by atoms with Crippen molar-refractivity contribution in [3.63, 3.8) is 0 Å². The van der Waals surface area contributed by atoms with Gasteiger partial charge in [0, 0.05) is 18.5 Å². The van der Waals surface area contributed by atoms with Crippen LogP contribution in [0.25, 0.3) is 0 Å². The van der Waals surface area contributed by atoms with Crippen LogP contribution in [0.2, 0.25) is 0 Å². The summed E-state index contributed by atoms with van der Waals surface area (Å²) in [5, 5.41) is 9.06. The number of rotatable bonds is 3. The summed E-state index contributed by atoms with van der Waals surface area (Å²) in [6, 6.07) is 5.24. The molecule has 106 valence electrons. The highest BCUT2D eigenvalue weighted by molar-refractivity contribution is 5.88. The molecule has 1 N–H and O–H groups in total. The molecule has 1 fully saturated rings. The zero-order valence-corrected chi connectivity index (χ0v) is 11.7. The van der Waals surface area contributed by atoms with Crippen LogP contribution >= 0.6 is 0 Å². The van der Waals surface area contributed by atoms with Crippen LogP contribution in [0, 0.1) is 5.41 Å². The van der Waals surface area contributed by atoms with E-state index in [4.69, 9.17) is 5.11 Å². The molecule has 0 saturated heterocycles. The van der Waals surface area contributed by atoms with Crippen molar-refractivity contribution in [1.29, 1.82) is 0 Å². The van der Waals surface area contributed by atoms with Crippen LogP contribution in [-0.2, 0) is 17.8 Å². The quantitative estimate of drug-likeness (QED) is 0.920. The Labute approximate surface area is 118 Å². The molecule has 4 heteroatoms. The highest BCUT2D eigenvalue weighted by Crippen LogP contribution is 2.50. The Kier molecular flexibility index (Phi) is 3.04. The molecule has 0 spiro atoms. The minimum atomic E-state index is -0.913. The molecule has 1 heterocycles. The van der Waals surface area contributed by atoms with E-state index in [1.54, 1.807) is 12.1 Å². The first-order valence-electron chi connectivity index (χ1n) is 7.20. The normalized spacial score (nSPS) is 19.4. The lowest BCUT2D eigenvalue weighted by Crippen LogP contribution is -2.40. The highest BCUT2D eigenvalue weighted by atomic mass is 16.4. The topological polar surface area (TPSA) is 57.6 Å². The summed E-state index contributed by atoms with van der Waals surface area (Å²) in [6.07, 6.45) is 3.73. The number of nitrogens with zero attached hydrogens (tertiary/aromatic N) is 1. The Hall–Kier alpha value is -1.84. The second-order valence-corrected chi connectivity index (χ2v) is 5.90. The van der Waals surface area contributed by atoms with E-state index < -0.39 is 5.97 Å². The van der Waals surface area contributed by atoms with Gasteiger partial charge < -0.3 is 10.0 Å². The molecule has 1 saturated carbocycles. The van der Waals surface area contributed by atoms with Gasteiger partial charge >= 0.3 is 5.97 Å². The van der Waals surface area contributed by atoms with Crippen molar-refractivity contribution in [2.24, 2.45) is 5.41 Å². The number of fused-ring (bicyclic) bond motifs is 1. The van der Waals surface area contributed by atoms with E-state index >= 15 is 0 Å². The molecule has 0 atom stereocenters. The van der Waals surface area contributed by atoms with Crippen molar-refractivity contribution in [2.75, 3.05) is 6.54 Å². The summed E-state index contributed by atoms with van der Waals surface area (Å²) in [6.45, 7) is 3.38. The van der Waals surface area contributed by atoms with E-state index in [1.165, 1.54) is 5.56 Å². The third kappa shape index (κ3) is 2.09. The molecule has 1 aromatic carbocycles. The Morgan fingerprint density at radius 2 is 2.05 bits per heavy atom. The number of hydrogen-bond donors (Lipinski definition) is 1. The predicted octanol–water partition coefficient (Wildman–Crippen LogP) is 2.46. The number of carboxylic acid groups (broad SMARTS) is 1.